The van der Waals surface area contributed by atoms with Gasteiger partial charge in [-0.2, -0.15) is 0 Å². The van der Waals surface area contributed by atoms with Crippen molar-refractivity contribution in [2.75, 3.05) is 12.4 Å². The second-order valence-corrected chi connectivity index (χ2v) is 10.3. The van der Waals surface area contributed by atoms with Crippen molar-refractivity contribution in [2.24, 2.45) is 0 Å². The van der Waals surface area contributed by atoms with E-state index in [1.165, 1.54) is 36.0 Å². The summed E-state index contributed by atoms with van der Waals surface area (Å²) in [6.07, 6.45) is 1.82. The molecule has 2 aromatic carbocycles. The third kappa shape index (κ3) is 5.08. The molecule has 9 heteroatoms. The first kappa shape index (κ1) is 24.5. The molecule has 0 radical (unpaired) electrons. The number of rotatable bonds is 6. The highest BCUT2D eigenvalue weighted by atomic mass is 35.5. The van der Waals surface area contributed by atoms with Crippen LogP contribution >= 0.6 is 23.4 Å². The van der Waals surface area contributed by atoms with E-state index < -0.39 is 27.7 Å². The number of benzene rings is 2. The summed E-state index contributed by atoms with van der Waals surface area (Å²) < 4.78 is 19.9. The molecular formula is C23H25ClFNO5S. The summed E-state index contributed by atoms with van der Waals surface area (Å²) in [7, 11) is 0. The number of aliphatic hydroxyl groups is 1. The number of hydrogen-bond donors (Lipinski definition) is 1. The molecule has 1 unspecified atom stereocenters. The third-order valence-electron chi connectivity index (χ3n) is 5.45. The number of nitro groups is 1. The average Bonchev–Trinajstić information content (AvgIpc) is 2.73. The molecule has 172 valence electrons. The van der Waals surface area contributed by atoms with E-state index in [9.17, 15) is 24.4 Å². The summed E-state index contributed by atoms with van der Waals surface area (Å²) in [4.78, 5) is 23.8. The van der Waals surface area contributed by atoms with Crippen LogP contribution in [0.4, 0.5) is 10.1 Å². The number of hydrogen-bond acceptors (Lipinski definition) is 6. The summed E-state index contributed by atoms with van der Waals surface area (Å²) in [5, 5.41) is 22.0. The van der Waals surface area contributed by atoms with Gasteiger partial charge in [-0.3, -0.25) is 10.1 Å². The molecule has 0 bridgehead atoms. The van der Waals surface area contributed by atoms with Crippen LogP contribution in [-0.4, -0.2) is 34.0 Å². The fourth-order valence-corrected chi connectivity index (χ4v) is 5.34. The van der Waals surface area contributed by atoms with Crippen molar-refractivity contribution in [1.82, 2.24) is 0 Å². The molecule has 0 spiro atoms. The fraction of sp³-hybridized carbons (Fsp3) is 0.435. The molecule has 0 saturated heterocycles. The number of nitrogens with zero attached hydrogens (tertiary/aromatic N) is 1. The molecule has 0 saturated carbocycles. The number of aliphatic hydroxyl groups excluding tert-OH is 1. The Morgan fingerprint density at radius 3 is 2.69 bits per heavy atom. The molecule has 1 N–H and O–H groups in total. The van der Waals surface area contributed by atoms with Crippen LogP contribution in [0.2, 0.25) is 5.02 Å². The monoisotopic (exact) mass is 481 g/mol. The lowest BCUT2D eigenvalue weighted by atomic mass is 9.71. The molecule has 0 fully saturated rings. The van der Waals surface area contributed by atoms with Crippen LogP contribution in [0.1, 0.15) is 55.1 Å². The molecule has 32 heavy (non-hydrogen) atoms. The number of ether oxygens (including phenoxy) is 1. The van der Waals surface area contributed by atoms with Gasteiger partial charge in [-0.1, -0.05) is 17.7 Å². The molecule has 1 atom stereocenters. The molecule has 1 aliphatic carbocycles. The van der Waals surface area contributed by atoms with E-state index in [0.717, 1.165) is 0 Å². The number of halogens is 2. The van der Waals surface area contributed by atoms with Crippen molar-refractivity contribution in [3.63, 3.8) is 0 Å². The van der Waals surface area contributed by atoms with Gasteiger partial charge in [0.15, 0.2) is 0 Å². The zero-order valence-corrected chi connectivity index (χ0v) is 19.7. The van der Waals surface area contributed by atoms with Crippen molar-refractivity contribution < 1.29 is 24.0 Å². The van der Waals surface area contributed by atoms with Crippen molar-refractivity contribution >= 4 is 35.0 Å². The van der Waals surface area contributed by atoms with Gasteiger partial charge >= 0.3 is 5.97 Å². The lowest BCUT2D eigenvalue weighted by Crippen LogP contribution is -2.37. The van der Waals surface area contributed by atoms with E-state index in [1.807, 2.05) is 0 Å². The standard InChI is InChI=1S/C23H25ClFNO5S/c1-22(2,3)31-21(28)14-6-9-19(18(11-14)26(29)30)32-13-23(12-27)10-4-5-15-16(23)7-8-17(24)20(15)25/h6-9,11,27H,4-5,10,12-13H2,1-3H3. The molecule has 0 aliphatic heterocycles. The molecule has 0 aromatic heterocycles. The minimum atomic E-state index is -0.749. The Kier molecular flexibility index (Phi) is 7.17. The number of nitro benzene ring substituents is 1. The Balaban J connectivity index is 1.90. The molecule has 2 aromatic rings. The first-order chi connectivity index (χ1) is 15.0. The lowest BCUT2D eigenvalue weighted by molar-refractivity contribution is -0.387. The summed E-state index contributed by atoms with van der Waals surface area (Å²) in [6.45, 7) is 4.93. The Bertz CT molecular complexity index is 1060. The van der Waals surface area contributed by atoms with Gasteiger partial charge in [0, 0.05) is 17.2 Å². The van der Waals surface area contributed by atoms with Gasteiger partial charge in [-0.15, -0.1) is 11.8 Å². The van der Waals surface area contributed by atoms with Crippen molar-refractivity contribution in [1.29, 1.82) is 0 Å². The highest BCUT2D eigenvalue weighted by Crippen LogP contribution is 2.44. The van der Waals surface area contributed by atoms with Crippen LogP contribution in [0.3, 0.4) is 0 Å². The molecule has 0 amide bonds. The summed E-state index contributed by atoms with van der Waals surface area (Å²) in [6, 6.07) is 7.42. The maximum atomic E-state index is 14.6. The van der Waals surface area contributed by atoms with Crippen LogP contribution in [0.15, 0.2) is 35.2 Å². The Hall–Kier alpha value is -2.16. The lowest BCUT2D eigenvalue weighted by Gasteiger charge is -2.38. The van der Waals surface area contributed by atoms with E-state index in [-0.39, 0.29) is 22.9 Å². The first-order valence-electron chi connectivity index (χ1n) is 10.2. The zero-order chi connectivity index (χ0) is 23.7. The smallest absolute Gasteiger partial charge is 0.338 e. The predicted octanol–water partition coefficient (Wildman–Crippen LogP) is 5.70. The highest BCUT2D eigenvalue weighted by Gasteiger charge is 2.38. The third-order valence-corrected chi connectivity index (χ3v) is 7.09. The van der Waals surface area contributed by atoms with Crippen LogP contribution in [0.5, 0.6) is 0 Å². The van der Waals surface area contributed by atoms with Crippen LogP contribution in [0, 0.1) is 15.9 Å². The van der Waals surface area contributed by atoms with Gasteiger partial charge in [0.25, 0.3) is 5.69 Å². The topological polar surface area (TPSA) is 89.7 Å². The van der Waals surface area contributed by atoms with E-state index in [1.54, 1.807) is 26.8 Å². The van der Waals surface area contributed by atoms with E-state index in [2.05, 4.69) is 0 Å². The molecular weight excluding hydrogens is 457 g/mol. The van der Waals surface area contributed by atoms with Crippen LogP contribution in [0.25, 0.3) is 0 Å². The fourth-order valence-electron chi connectivity index (χ4n) is 3.89. The van der Waals surface area contributed by atoms with Crippen molar-refractivity contribution in [3.05, 3.63) is 68.0 Å². The normalized spacial score (nSPS) is 18.2. The van der Waals surface area contributed by atoms with E-state index in [0.29, 0.717) is 41.0 Å². The van der Waals surface area contributed by atoms with Crippen LogP contribution < -0.4 is 0 Å². The number of fused-ring (bicyclic) bond motifs is 1. The van der Waals surface area contributed by atoms with Crippen LogP contribution in [-0.2, 0) is 16.6 Å². The van der Waals surface area contributed by atoms with Gasteiger partial charge in [0.05, 0.1) is 27.0 Å². The first-order valence-corrected chi connectivity index (χ1v) is 11.6. The maximum Gasteiger partial charge on any atom is 0.338 e. The number of carbonyl (C=O) groups is 1. The SMILES string of the molecule is CC(C)(C)OC(=O)c1ccc(SCC2(CO)CCCc3c2ccc(Cl)c3F)c([N+](=O)[O-])c1. The molecule has 6 nitrogen and oxygen atoms in total. The predicted molar refractivity (Wildman–Crippen MR) is 122 cm³/mol. The van der Waals surface area contributed by atoms with Crippen molar-refractivity contribution in [2.45, 2.75) is 55.9 Å². The second-order valence-electron chi connectivity index (χ2n) is 8.91. The minimum absolute atomic E-state index is 0.0403. The molecule has 1 aliphatic rings. The molecule has 3 rings (SSSR count). The Labute approximate surface area is 195 Å². The number of carbonyl (C=O) groups excluding carboxylic acids is 1. The van der Waals surface area contributed by atoms with E-state index >= 15 is 0 Å². The number of thioether (sulfide) groups is 1. The largest absolute Gasteiger partial charge is 0.456 e. The Morgan fingerprint density at radius 2 is 2.06 bits per heavy atom. The summed E-state index contributed by atoms with van der Waals surface area (Å²) in [5.41, 5.74) is -0.417. The summed E-state index contributed by atoms with van der Waals surface area (Å²) in [5.74, 6) is -0.804. The van der Waals surface area contributed by atoms with Gasteiger partial charge in [-0.25, -0.2) is 9.18 Å². The van der Waals surface area contributed by atoms with Crippen molar-refractivity contribution in [3.8, 4) is 0 Å². The zero-order valence-electron chi connectivity index (χ0n) is 18.1. The second kappa shape index (κ2) is 9.37. The summed E-state index contributed by atoms with van der Waals surface area (Å²) >= 11 is 7.14. The molecule has 0 heterocycles. The Morgan fingerprint density at radius 1 is 1.34 bits per heavy atom. The van der Waals surface area contributed by atoms with Gasteiger partial charge in [-0.05, 0) is 69.4 Å². The minimum Gasteiger partial charge on any atom is -0.456 e. The van der Waals surface area contributed by atoms with Gasteiger partial charge in [0.2, 0.25) is 0 Å². The quantitative estimate of drug-likeness (QED) is 0.246. The maximum absolute atomic E-state index is 14.6. The van der Waals surface area contributed by atoms with Gasteiger partial charge in [0.1, 0.15) is 11.4 Å². The van der Waals surface area contributed by atoms with E-state index in [4.69, 9.17) is 16.3 Å². The highest BCUT2D eigenvalue weighted by molar-refractivity contribution is 7.99. The average molecular weight is 482 g/mol. The number of esters is 1. The van der Waals surface area contributed by atoms with Gasteiger partial charge < -0.3 is 9.84 Å².